The molecule has 0 spiro atoms. The Bertz CT molecular complexity index is 1450. The molecule has 0 fully saturated rings. The highest BCUT2D eigenvalue weighted by atomic mass is 16.6. The number of anilines is 1. The van der Waals surface area contributed by atoms with E-state index in [1.165, 1.54) is 0 Å². The predicted octanol–water partition coefficient (Wildman–Crippen LogP) is 4.83. The molecule has 0 saturated carbocycles. The quantitative estimate of drug-likeness (QED) is 0.163. The summed E-state index contributed by atoms with van der Waals surface area (Å²) in [7, 11) is 0. The second kappa shape index (κ2) is 12.4. The van der Waals surface area contributed by atoms with Crippen molar-refractivity contribution in [3.63, 3.8) is 0 Å². The molecule has 0 radical (unpaired) electrons. The Hall–Kier alpha value is -4.80. The fourth-order valence-electron chi connectivity index (χ4n) is 3.99. The normalized spacial score (nSPS) is 12.0. The van der Waals surface area contributed by atoms with E-state index in [1.54, 1.807) is 49.9 Å². The summed E-state index contributed by atoms with van der Waals surface area (Å²) in [5.74, 6) is -0.683. The minimum Gasteiger partial charge on any atom is -0.462 e. The van der Waals surface area contributed by atoms with E-state index in [2.05, 4.69) is 25.6 Å². The predicted molar refractivity (Wildman–Crippen MR) is 150 cm³/mol. The number of rotatable bonds is 10. The van der Waals surface area contributed by atoms with E-state index in [-0.39, 0.29) is 12.6 Å². The Morgan fingerprint density at radius 1 is 1.02 bits per heavy atom. The van der Waals surface area contributed by atoms with Crippen LogP contribution < -0.4 is 15.4 Å². The molecule has 0 aliphatic carbocycles. The van der Waals surface area contributed by atoms with Crippen molar-refractivity contribution in [3.05, 3.63) is 78.0 Å². The Balaban J connectivity index is 1.44. The second-order valence-electron chi connectivity index (χ2n) is 10.1. The third-order valence-corrected chi connectivity index (χ3v) is 5.77. The van der Waals surface area contributed by atoms with Crippen molar-refractivity contribution in [2.45, 2.75) is 45.8 Å². The third-order valence-electron chi connectivity index (χ3n) is 5.77. The summed E-state index contributed by atoms with van der Waals surface area (Å²) in [6.45, 7) is 7.82. The van der Waals surface area contributed by atoms with Crippen LogP contribution >= 0.6 is 0 Å². The molecular weight excluding hydrogens is 514 g/mol. The van der Waals surface area contributed by atoms with E-state index in [1.807, 2.05) is 39.0 Å². The van der Waals surface area contributed by atoms with Crippen molar-refractivity contribution in [1.29, 1.82) is 0 Å². The van der Waals surface area contributed by atoms with Gasteiger partial charge in [0.25, 0.3) is 0 Å². The van der Waals surface area contributed by atoms with Gasteiger partial charge in [0.2, 0.25) is 0 Å². The smallest absolute Gasteiger partial charge is 0.407 e. The Kier molecular flexibility index (Phi) is 8.73. The first-order valence-electron chi connectivity index (χ1n) is 12.9. The SMILES string of the molecule is CCOC(=O)c1ccc(OC(=O)c2c[nH]c3ccc(NC[C@H](Cc4cnc[nH]4)NC(=O)OC(C)(C)C)cc23)cc1. The van der Waals surface area contributed by atoms with Crippen LogP contribution in [0.25, 0.3) is 10.9 Å². The lowest BCUT2D eigenvalue weighted by molar-refractivity contribution is 0.0501. The number of nitrogens with one attached hydrogen (secondary N) is 4. The van der Waals surface area contributed by atoms with Gasteiger partial charge in [-0.05, 0) is 70.2 Å². The maximum absolute atomic E-state index is 13.0. The summed E-state index contributed by atoms with van der Waals surface area (Å²) in [6, 6.07) is 11.4. The van der Waals surface area contributed by atoms with Gasteiger partial charge in [-0.2, -0.15) is 0 Å². The molecule has 0 saturated heterocycles. The Morgan fingerprint density at radius 2 is 1.80 bits per heavy atom. The number of aromatic amines is 2. The van der Waals surface area contributed by atoms with Gasteiger partial charge in [0.1, 0.15) is 11.4 Å². The average molecular weight is 548 g/mol. The molecule has 11 nitrogen and oxygen atoms in total. The van der Waals surface area contributed by atoms with E-state index in [0.29, 0.717) is 35.2 Å². The molecule has 1 atom stereocenters. The molecule has 0 aliphatic heterocycles. The van der Waals surface area contributed by atoms with E-state index in [0.717, 1.165) is 16.9 Å². The molecule has 210 valence electrons. The molecular formula is C29H33N5O6. The summed E-state index contributed by atoms with van der Waals surface area (Å²) in [6.07, 6.45) is 4.88. The topological polar surface area (TPSA) is 147 Å². The first kappa shape index (κ1) is 28.2. The first-order valence-corrected chi connectivity index (χ1v) is 12.9. The summed E-state index contributed by atoms with van der Waals surface area (Å²) in [4.78, 5) is 47.5. The summed E-state index contributed by atoms with van der Waals surface area (Å²) in [5, 5.41) is 6.91. The first-order chi connectivity index (χ1) is 19.1. The fourth-order valence-corrected chi connectivity index (χ4v) is 3.99. The van der Waals surface area contributed by atoms with E-state index >= 15 is 0 Å². The fraction of sp³-hybridized carbons (Fsp3) is 0.310. The van der Waals surface area contributed by atoms with Gasteiger partial charge in [-0.15, -0.1) is 0 Å². The van der Waals surface area contributed by atoms with Crippen molar-refractivity contribution < 1.29 is 28.6 Å². The number of amides is 1. The number of carbonyl (C=O) groups is 3. The number of esters is 2. The zero-order chi connectivity index (χ0) is 28.7. The molecule has 11 heteroatoms. The zero-order valence-corrected chi connectivity index (χ0v) is 22.9. The lowest BCUT2D eigenvalue weighted by Gasteiger charge is -2.24. The number of hydrogen-bond donors (Lipinski definition) is 4. The van der Waals surface area contributed by atoms with Crippen LogP contribution in [0.2, 0.25) is 0 Å². The van der Waals surface area contributed by atoms with E-state index in [4.69, 9.17) is 14.2 Å². The number of alkyl carbamates (subject to hydrolysis) is 1. The molecule has 0 unspecified atom stereocenters. The van der Waals surface area contributed by atoms with Gasteiger partial charge in [-0.1, -0.05) is 0 Å². The minimum atomic E-state index is -0.622. The van der Waals surface area contributed by atoms with Gasteiger partial charge < -0.3 is 34.8 Å². The number of fused-ring (bicyclic) bond motifs is 1. The van der Waals surface area contributed by atoms with Crippen molar-refractivity contribution in [3.8, 4) is 5.75 Å². The number of aromatic nitrogens is 3. The minimum absolute atomic E-state index is 0.276. The van der Waals surface area contributed by atoms with Gasteiger partial charge in [0.15, 0.2) is 0 Å². The van der Waals surface area contributed by atoms with Gasteiger partial charge >= 0.3 is 18.0 Å². The summed E-state index contributed by atoms with van der Waals surface area (Å²) in [5.41, 5.74) is 2.48. The highest BCUT2D eigenvalue weighted by molar-refractivity contribution is 6.05. The number of ether oxygens (including phenoxy) is 3. The molecule has 2 heterocycles. The van der Waals surface area contributed by atoms with Crippen LogP contribution in [-0.2, 0) is 15.9 Å². The largest absolute Gasteiger partial charge is 0.462 e. The van der Waals surface area contributed by atoms with Gasteiger partial charge in [0.05, 0.1) is 30.1 Å². The molecule has 0 bridgehead atoms. The summed E-state index contributed by atoms with van der Waals surface area (Å²) >= 11 is 0. The van der Waals surface area contributed by atoms with Crippen LogP contribution in [0.1, 0.15) is 54.1 Å². The number of hydrogen-bond acceptors (Lipinski definition) is 8. The molecule has 4 aromatic rings. The van der Waals surface area contributed by atoms with Crippen molar-refractivity contribution >= 4 is 34.6 Å². The van der Waals surface area contributed by atoms with Crippen molar-refractivity contribution in [2.75, 3.05) is 18.5 Å². The van der Waals surface area contributed by atoms with Crippen molar-refractivity contribution in [1.82, 2.24) is 20.3 Å². The lowest BCUT2D eigenvalue weighted by Crippen LogP contribution is -2.43. The Labute approximate surface area is 231 Å². The van der Waals surface area contributed by atoms with Gasteiger partial charge in [-0.25, -0.2) is 19.4 Å². The number of carbonyl (C=O) groups excluding carboxylic acids is 3. The molecule has 4 N–H and O–H groups in total. The highest BCUT2D eigenvalue weighted by Gasteiger charge is 2.21. The molecule has 40 heavy (non-hydrogen) atoms. The van der Waals surface area contributed by atoms with Gasteiger partial charge in [0, 0.05) is 47.6 Å². The Morgan fingerprint density at radius 3 is 2.48 bits per heavy atom. The number of benzene rings is 2. The average Bonchev–Trinajstić information content (AvgIpc) is 3.56. The second-order valence-corrected chi connectivity index (χ2v) is 10.1. The van der Waals surface area contributed by atoms with Gasteiger partial charge in [-0.3, -0.25) is 0 Å². The number of imidazole rings is 1. The van der Waals surface area contributed by atoms with E-state index in [9.17, 15) is 14.4 Å². The van der Waals surface area contributed by atoms with Crippen LogP contribution in [0.5, 0.6) is 5.75 Å². The standard InChI is InChI=1S/C29H33N5O6/c1-5-38-26(35)18-6-9-22(10-7-18)39-27(36)24-16-32-25-11-8-19(13-23(24)25)31-15-21(12-20-14-30-17-33-20)34-28(37)40-29(2,3)4/h6-11,13-14,16-17,21,31-32H,5,12,15H2,1-4H3,(H,30,33)(H,34,37)/t21-/m0/s1. The monoisotopic (exact) mass is 547 g/mol. The molecule has 0 aliphatic rings. The maximum Gasteiger partial charge on any atom is 0.407 e. The molecule has 4 rings (SSSR count). The van der Waals surface area contributed by atoms with E-state index < -0.39 is 23.6 Å². The van der Waals surface area contributed by atoms with Crippen LogP contribution in [0.3, 0.4) is 0 Å². The van der Waals surface area contributed by atoms with Crippen LogP contribution in [0, 0.1) is 0 Å². The number of nitrogens with zero attached hydrogens (tertiary/aromatic N) is 1. The molecule has 2 aromatic heterocycles. The lowest BCUT2D eigenvalue weighted by atomic mass is 10.1. The van der Waals surface area contributed by atoms with Crippen molar-refractivity contribution in [2.24, 2.45) is 0 Å². The zero-order valence-electron chi connectivity index (χ0n) is 22.9. The van der Waals surface area contributed by atoms with Crippen LogP contribution in [-0.4, -0.2) is 57.8 Å². The maximum atomic E-state index is 13.0. The highest BCUT2D eigenvalue weighted by Crippen LogP contribution is 2.24. The molecule has 2 aromatic carbocycles. The van der Waals surface area contributed by atoms with Crippen LogP contribution in [0.4, 0.5) is 10.5 Å². The third kappa shape index (κ3) is 7.62. The number of H-pyrrole nitrogens is 2. The van der Waals surface area contributed by atoms with Crippen LogP contribution in [0.15, 0.2) is 61.2 Å². The molecule has 1 amide bonds. The summed E-state index contributed by atoms with van der Waals surface area (Å²) < 4.78 is 15.9.